The van der Waals surface area contributed by atoms with Gasteiger partial charge in [-0.3, -0.25) is 24.0 Å². The minimum atomic E-state index is -1.11. The predicted molar refractivity (Wildman–Crippen MR) is 166 cm³/mol. The molecule has 248 valence electrons. The van der Waals surface area contributed by atoms with E-state index in [9.17, 15) is 28.8 Å². The zero-order valence-electron chi connectivity index (χ0n) is 28.0. The second kappa shape index (κ2) is 13.0. The van der Waals surface area contributed by atoms with Crippen LogP contribution in [0, 0.1) is 28.1 Å². The van der Waals surface area contributed by atoms with E-state index in [1.807, 2.05) is 48.5 Å². The average Bonchev–Trinajstić information content (AvgIpc) is 3.25. The molecule has 3 fully saturated rings. The number of piperidine rings is 1. The van der Waals surface area contributed by atoms with Crippen LogP contribution >= 0.6 is 0 Å². The molecule has 3 rings (SSSR count). The van der Waals surface area contributed by atoms with E-state index in [0.29, 0.717) is 32.5 Å². The Hall–Kier alpha value is -3.18. The van der Waals surface area contributed by atoms with Gasteiger partial charge in [0, 0.05) is 26.1 Å². The van der Waals surface area contributed by atoms with Crippen molar-refractivity contribution in [3.8, 4) is 0 Å². The van der Waals surface area contributed by atoms with Gasteiger partial charge in [-0.2, -0.15) is 0 Å². The van der Waals surface area contributed by atoms with Crippen molar-refractivity contribution >= 4 is 35.4 Å². The summed E-state index contributed by atoms with van der Waals surface area (Å²) in [5, 5.41) is 8.64. The number of nitrogens with one attached hydrogen (secondary N) is 3. The third-order valence-corrected chi connectivity index (χ3v) is 9.80. The predicted octanol–water partition coefficient (Wildman–Crippen LogP) is 1.95. The number of ketones is 1. The van der Waals surface area contributed by atoms with Crippen LogP contribution in [-0.2, 0) is 24.0 Å². The number of likely N-dealkylation sites (tertiary alicyclic amines) is 2. The number of urea groups is 1. The summed E-state index contributed by atoms with van der Waals surface area (Å²) in [5.41, 5.74) is 4.03. The lowest BCUT2D eigenvalue weighted by molar-refractivity contribution is -0.145. The van der Waals surface area contributed by atoms with Gasteiger partial charge in [0.2, 0.25) is 23.5 Å². The number of carbonyl (C=O) groups excluding carboxylic acids is 6. The summed E-state index contributed by atoms with van der Waals surface area (Å²) in [6, 6.07) is -3.76. The maximum absolute atomic E-state index is 14.2. The van der Waals surface area contributed by atoms with Gasteiger partial charge in [-0.1, -0.05) is 75.2 Å². The van der Waals surface area contributed by atoms with Gasteiger partial charge in [-0.25, -0.2) is 4.79 Å². The Morgan fingerprint density at radius 2 is 1.64 bits per heavy atom. The van der Waals surface area contributed by atoms with E-state index in [1.165, 1.54) is 4.90 Å². The number of fused-ring (bicyclic) bond motifs is 1. The number of primary amides is 1. The lowest BCUT2D eigenvalue weighted by atomic mass is 9.85. The highest BCUT2D eigenvalue weighted by Gasteiger charge is 2.70. The van der Waals surface area contributed by atoms with Crippen LogP contribution in [0.1, 0.15) is 94.4 Å². The first-order valence-corrected chi connectivity index (χ1v) is 16.0. The second-order valence-corrected chi connectivity index (χ2v) is 15.6. The fourth-order valence-corrected chi connectivity index (χ4v) is 6.72. The van der Waals surface area contributed by atoms with Crippen molar-refractivity contribution in [1.29, 1.82) is 0 Å². The molecule has 3 aliphatic rings. The van der Waals surface area contributed by atoms with Crippen molar-refractivity contribution in [2.45, 2.75) is 119 Å². The topological polar surface area (TPSA) is 171 Å². The van der Waals surface area contributed by atoms with Gasteiger partial charge in [0.15, 0.2) is 0 Å². The largest absolute Gasteiger partial charge is 0.363 e. The highest BCUT2D eigenvalue weighted by atomic mass is 16.2. The number of Topliss-reactive ketones (excluding diaryl/α,β-unsaturated/α-hetero) is 1. The lowest BCUT2D eigenvalue weighted by Crippen LogP contribution is -2.62. The molecule has 0 radical (unpaired) electrons. The summed E-state index contributed by atoms with van der Waals surface area (Å²) < 4.78 is 0. The van der Waals surface area contributed by atoms with Gasteiger partial charge < -0.3 is 31.5 Å². The average molecular weight is 619 g/mol. The molecule has 6 atom stereocenters. The van der Waals surface area contributed by atoms with Crippen LogP contribution in [0.25, 0.3) is 0 Å². The molecule has 6 amide bonds. The SMILES string of the molecule is CCCCC(NC(=O)[C@@H]1[C@@H]2[C@H](CN1C(=O)[C@@H](NC(=O)N[C@H](CN1CCCC1=O)C(C)(C)C)C(C)(C)C)C2(C)C)C(=O)C(N)=O. The Balaban J connectivity index is 1.81. The number of hydrogen-bond donors (Lipinski definition) is 4. The first-order valence-electron chi connectivity index (χ1n) is 16.0. The molecule has 12 heteroatoms. The van der Waals surface area contributed by atoms with Gasteiger partial charge in [0.25, 0.3) is 5.91 Å². The number of carbonyl (C=O) groups is 6. The molecule has 1 saturated carbocycles. The molecule has 44 heavy (non-hydrogen) atoms. The monoisotopic (exact) mass is 618 g/mol. The fourth-order valence-electron chi connectivity index (χ4n) is 6.72. The van der Waals surface area contributed by atoms with Gasteiger partial charge in [-0.15, -0.1) is 0 Å². The van der Waals surface area contributed by atoms with E-state index in [4.69, 9.17) is 5.73 Å². The summed E-state index contributed by atoms with van der Waals surface area (Å²) in [6.07, 6.45) is 2.94. The summed E-state index contributed by atoms with van der Waals surface area (Å²) in [7, 11) is 0. The second-order valence-electron chi connectivity index (χ2n) is 15.6. The van der Waals surface area contributed by atoms with E-state index in [-0.39, 0.29) is 46.9 Å². The third-order valence-electron chi connectivity index (χ3n) is 9.80. The molecular formula is C32H54N6O6. The van der Waals surface area contributed by atoms with E-state index >= 15 is 0 Å². The number of nitrogens with zero attached hydrogens (tertiary/aromatic N) is 2. The van der Waals surface area contributed by atoms with Crippen molar-refractivity contribution in [2.75, 3.05) is 19.6 Å². The highest BCUT2D eigenvalue weighted by molar-refractivity contribution is 6.37. The van der Waals surface area contributed by atoms with Crippen LogP contribution in [0.2, 0.25) is 0 Å². The van der Waals surface area contributed by atoms with Gasteiger partial charge in [0.05, 0.1) is 12.1 Å². The Morgan fingerprint density at radius 3 is 2.14 bits per heavy atom. The standard InChI is InChI=1S/C32H54N6O6/c1-10-11-13-19(24(40)26(33)41)34-27(42)23-22-18(32(22,8)9)16-38(23)28(43)25(31(5,6)7)36-29(44)35-20(30(2,3)4)17-37-15-12-14-21(37)39/h18-20,22-23,25H,10-17H2,1-9H3,(H2,33,41)(H,34,42)(H2,35,36,44)/t18-,19?,20+,22-,23-,25+/m0/s1. The van der Waals surface area contributed by atoms with Crippen molar-refractivity contribution in [1.82, 2.24) is 25.8 Å². The number of amides is 6. The quantitative estimate of drug-likeness (QED) is 0.244. The van der Waals surface area contributed by atoms with Crippen molar-refractivity contribution in [3.05, 3.63) is 0 Å². The Kier molecular flexibility index (Phi) is 10.5. The van der Waals surface area contributed by atoms with Crippen LogP contribution < -0.4 is 21.7 Å². The summed E-state index contributed by atoms with van der Waals surface area (Å²) in [6.45, 7) is 18.9. The molecular weight excluding hydrogens is 564 g/mol. The Bertz CT molecular complexity index is 1150. The van der Waals surface area contributed by atoms with Gasteiger partial charge in [0.1, 0.15) is 12.1 Å². The molecule has 2 saturated heterocycles. The van der Waals surface area contributed by atoms with Crippen molar-refractivity contribution in [3.63, 3.8) is 0 Å². The van der Waals surface area contributed by atoms with Crippen LogP contribution in [-0.4, -0.2) is 89.0 Å². The summed E-state index contributed by atoms with van der Waals surface area (Å²) in [4.78, 5) is 81.3. The summed E-state index contributed by atoms with van der Waals surface area (Å²) >= 11 is 0. The van der Waals surface area contributed by atoms with E-state index in [0.717, 1.165) is 12.8 Å². The lowest BCUT2D eigenvalue weighted by Gasteiger charge is -2.39. The number of unbranched alkanes of at least 4 members (excludes halogenated alkanes) is 1. The molecule has 1 unspecified atom stereocenters. The molecule has 0 spiro atoms. The summed E-state index contributed by atoms with van der Waals surface area (Å²) in [5.74, 6) is -2.82. The van der Waals surface area contributed by atoms with Crippen LogP contribution in [0.5, 0.6) is 0 Å². The fraction of sp³-hybridized carbons (Fsp3) is 0.812. The zero-order valence-corrected chi connectivity index (χ0v) is 28.0. The normalized spacial score (nSPS) is 24.7. The highest BCUT2D eigenvalue weighted by Crippen LogP contribution is 2.65. The maximum Gasteiger partial charge on any atom is 0.315 e. The molecule has 0 bridgehead atoms. The van der Waals surface area contributed by atoms with Gasteiger partial charge in [-0.05, 0) is 40.9 Å². The molecule has 0 aromatic rings. The van der Waals surface area contributed by atoms with E-state index in [1.54, 1.807) is 4.90 Å². The molecule has 12 nitrogen and oxygen atoms in total. The van der Waals surface area contributed by atoms with Gasteiger partial charge >= 0.3 is 6.03 Å². The number of nitrogens with two attached hydrogens (primary N) is 1. The molecule has 5 N–H and O–H groups in total. The molecule has 1 aliphatic carbocycles. The van der Waals surface area contributed by atoms with E-state index in [2.05, 4.69) is 29.8 Å². The molecule has 0 aromatic carbocycles. The van der Waals surface area contributed by atoms with Crippen molar-refractivity contribution < 1.29 is 28.8 Å². The van der Waals surface area contributed by atoms with E-state index < -0.39 is 47.2 Å². The Labute approximate surface area is 262 Å². The molecule has 0 aromatic heterocycles. The van der Waals surface area contributed by atoms with Crippen LogP contribution in [0.3, 0.4) is 0 Å². The maximum atomic E-state index is 14.2. The minimum absolute atomic E-state index is 0.0681. The Morgan fingerprint density at radius 1 is 1.00 bits per heavy atom. The third kappa shape index (κ3) is 7.72. The number of hydrogen-bond acceptors (Lipinski definition) is 6. The van der Waals surface area contributed by atoms with Crippen LogP contribution in [0.4, 0.5) is 4.79 Å². The number of rotatable bonds is 12. The van der Waals surface area contributed by atoms with Crippen molar-refractivity contribution in [2.24, 2.45) is 33.8 Å². The smallest absolute Gasteiger partial charge is 0.315 e. The zero-order chi connectivity index (χ0) is 33.4. The minimum Gasteiger partial charge on any atom is -0.363 e. The molecule has 2 aliphatic heterocycles. The van der Waals surface area contributed by atoms with Crippen LogP contribution in [0.15, 0.2) is 0 Å². The first-order chi connectivity index (χ1) is 20.2. The molecule has 2 heterocycles. The first kappa shape index (κ1) is 35.3.